The molecule has 0 aliphatic rings. The Bertz CT molecular complexity index is 424. The van der Waals surface area contributed by atoms with Crippen molar-refractivity contribution in [2.75, 3.05) is 13.1 Å². The molecular formula is C10H24N2O8P2. The lowest BCUT2D eigenvalue weighted by molar-refractivity contribution is -0.121. The van der Waals surface area contributed by atoms with Crippen molar-refractivity contribution in [2.45, 2.75) is 43.6 Å². The van der Waals surface area contributed by atoms with Crippen molar-refractivity contribution >= 4 is 21.1 Å². The molecule has 22 heavy (non-hydrogen) atoms. The van der Waals surface area contributed by atoms with Crippen molar-refractivity contribution in [3.63, 3.8) is 0 Å². The van der Waals surface area contributed by atoms with Gasteiger partial charge in [-0.15, -0.1) is 0 Å². The van der Waals surface area contributed by atoms with Gasteiger partial charge in [-0.3, -0.25) is 13.9 Å². The molecule has 8 N–H and O–H groups in total. The minimum absolute atomic E-state index is 0.0575. The van der Waals surface area contributed by atoms with E-state index in [2.05, 4.69) is 5.32 Å². The monoisotopic (exact) mass is 362 g/mol. The average Bonchev–Trinajstić information content (AvgIpc) is 2.37. The molecule has 10 nitrogen and oxygen atoms in total. The molecule has 0 bridgehead atoms. The summed E-state index contributed by atoms with van der Waals surface area (Å²) in [5.41, 5.74) is 5.30. The zero-order valence-corrected chi connectivity index (χ0v) is 13.9. The van der Waals surface area contributed by atoms with Gasteiger partial charge < -0.3 is 35.7 Å². The molecule has 0 unspecified atom stereocenters. The fourth-order valence-corrected chi connectivity index (χ4v) is 3.97. The van der Waals surface area contributed by atoms with E-state index >= 15 is 0 Å². The fraction of sp³-hybridized carbons (Fsp3) is 0.900. The molecule has 0 rings (SSSR count). The van der Waals surface area contributed by atoms with Crippen LogP contribution in [0.5, 0.6) is 0 Å². The highest BCUT2D eigenvalue weighted by molar-refractivity contribution is 7.72. The number of nitrogens with two attached hydrogens (primary N) is 1. The molecule has 0 atom stereocenters. The molecule has 0 aliphatic heterocycles. The van der Waals surface area contributed by atoms with Crippen LogP contribution in [0, 0.1) is 0 Å². The molecule has 0 spiro atoms. The molecule has 0 aromatic heterocycles. The number of aliphatic hydroxyl groups is 1. The standard InChI is InChI=1S/C10H24N2O8P2/c11-7-3-1-2-5-9(13)12-8-4-6-10(14,21(15,16)17)22(18,19)20/h14H,1-8,11H2,(H,12,13)(H2,15,16,17)(H2,18,19,20). The summed E-state index contributed by atoms with van der Waals surface area (Å²) in [5, 5.41) is 8.62. The first kappa shape index (κ1) is 21.7. The number of unbranched alkanes of at least 4 members (excludes halogenated alkanes) is 2. The summed E-state index contributed by atoms with van der Waals surface area (Å²) in [6.45, 7) is 0.489. The van der Waals surface area contributed by atoms with Gasteiger partial charge in [-0.05, 0) is 25.8 Å². The van der Waals surface area contributed by atoms with Crippen LogP contribution in [0.4, 0.5) is 0 Å². The van der Waals surface area contributed by atoms with Crippen LogP contribution < -0.4 is 11.1 Å². The summed E-state index contributed by atoms with van der Waals surface area (Å²) < 4.78 is 22.2. The summed E-state index contributed by atoms with van der Waals surface area (Å²) in [5.74, 6) is -0.284. The first-order valence-corrected chi connectivity index (χ1v) is 9.98. The van der Waals surface area contributed by atoms with Crippen LogP contribution in [0.15, 0.2) is 0 Å². The SMILES string of the molecule is NCCCCCC(=O)NCCCC(O)(P(=O)(O)O)P(=O)(O)O. The third-order valence-electron chi connectivity index (χ3n) is 3.05. The highest BCUT2D eigenvalue weighted by atomic mass is 31.2. The molecule has 0 saturated carbocycles. The van der Waals surface area contributed by atoms with E-state index in [1.807, 2.05) is 0 Å². The van der Waals surface area contributed by atoms with Gasteiger partial charge in [0.25, 0.3) is 5.08 Å². The van der Waals surface area contributed by atoms with Gasteiger partial charge in [-0.25, -0.2) is 0 Å². The number of carbonyl (C=O) groups is 1. The summed E-state index contributed by atoms with van der Waals surface area (Å²) in [6.07, 6.45) is 1.50. The minimum Gasteiger partial charge on any atom is -0.368 e. The smallest absolute Gasteiger partial charge is 0.368 e. The molecule has 1 amide bonds. The number of hydrogen-bond acceptors (Lipinski definition) is 5. The van der Waals surface area contributed by atoms with E-state index in [4.69, 9.17) is 25.3 Å². The lowest BCUT2D eigenvalue weighted by Gasteiger charge is -2.29. The van der Waals surface area contributed by atoms with Crippen molar-refractivity contribution in [2.24, 2.45) is 5.73 Å². The lowest BCUT2D eigenvalue weighted by Crippen LogP contribution is -2.31. The lowest BCUT2D eigenvalue weighted by atomic mass is 10.2. The Hall–Kier alpha value is -0.310. The van der Waals surface area contributed by atoms with Gasteiger partial charge in [0.2, 0.25) is 5.91 Å². The Morgan fingerprint density at radius 1 is 1.00 bits per heavy atom. The van der Waals surface area contributed by atoms with Gasteiger partial charge in [-0.2, -0.15) is 0 Å². The molecule has 0 saturated heterocycles. The van der Waals surface area contributed by atoms with Crippen molar-refractivity contribution in [3.8, 4) is 0 Å². The van der Waals surface area contributed by atoms with E-state index in [1.165, 1.54) is 0 Å². The van der Waals surface area contributed by atoms with E-state index in [-0.39, 0.29) is 25.3 Å². The third-order valence-corrected chi connectivity index (χ3v) is 6.93. The van der Waals surface area contributed by atoms with E-state index in [0.29, 0.717) is 13.0 Å². The molecule has 0 fully saturated rings. The second kappa shape index (κ2) is 9.10. The molecule has 0 aliphatic carbocycles. The van der Waals surface area contributed by atoms with Gasteiger partial charge in [0.15, 0.2) is 0 Å². The van der Waals surface area contributed by atoms with Crippen LogP contribution in [0.3, 0.4) is 0 Å². The van der Waals surface area contributed by atoms with Crippen molar-refractivity contribution in [1.82, 2.24) is 5.32 Å². The number of hydrogen-bond donors (Lipinski definition) is 7. The van der Waals surface area contributed by atoms with Crippen LogP contribution in [0.1, 0.15) is 38.5 Å². The van der Waals surface area contributed by atoms with Gasteiger partial charge in [0.1, 0.15) is 0 Å². The largest absolute Gasteiger partial charge is 0.369 e. The van der Waals surface area contributed by atoms with Crippen molar-refractivity contribution < 1.29 is 38.6 Å². The summed E-state index contributed by atoms with van der Waals surface area (Å²) in [4.78, 5) is 47.1. The Morgan fingerprint density at radius 3 is 2.00 bits per heavy atom. The highest BCUT2D eigenvalue weighted by Crippen LogP contribution is 2.69. The van der Waals surface area contributed by atoms with Crippen LogP contribution in [-0.4, -0.2) is 48.8 Å². The van der Waals surface area contributed by atoms with E-state index < -0.39 is 26.7 Å². The predicted octanol–water partition coefficient (Wildman–Crippen LogP) is -0.597. The Balaban J connectivity index is 4.25. The van der Waals surface area contributed by atoms with Crippen molar-refractivity contribution in [3.05, 3.63) is 0 Å². The maximum absolute atomic E-state index is 11.4. The van der Waals surface area contributed by atoms with Gasteiger partial charge in [0.05, 0.1) is 0 Å². The zero-order chi connectivity index (χ0) is 17.4. The van der Waals surface area contributed by atoms with E-state index in [1.54, 1.807) is 0 Å². The summed E-state index contributed by atoms with van der Waals surface area (Å²) >= 11 is 0. The molecule has 0 aromatic rings. The number of nitrogens with one attached hydrogen (secondary N) is 1. The molecule has 0 aromatic carbocycles. The molecule has 0 heterocycles. The van der Waals surface area contributed by atoms with Crippen molar-refractivity contribution in [1.29, 1.82) is 0 Å². The van der Waals surface area contributed by atoms with E-state index in [0.717, 1.165) is 12.8 Å². The average molecular weight is 362 g/mol. The first-order valence-electron chi connectivity index (χ1n) is 6.76. The number of rotatable bonds is 11. The molecule has 0 radical (unpaired) electrons. The van der Waals surface area contributed by atoms with Crippen LogP contribution in [0.2, 0.25) is 0 Å². The summed E-state index contributed by atoms with van der Waals surface area (Å²) in [7, 11) is -10.9. The zero-order valence-electron chi connectivity index (χ0n) is 12.1. The second-order valence-corrected chi connectivity index (χ2v) is 8.92. The van der Waals surface area contributed by atoms with Gasteiger partial charge >= 0.3 is 15.2 Å². The van der Waals surface area contributed by atoms with Crippen LogP contribution in [-0.2, 0) is 13.9 Å². The number of amides is 1. The quantitative estimate of drug-likeness (QED) is 0.186. The van der Waals surface area contributed by atoms with Gasteiger partial charge in [-0.1, -0.05) is 6.42 Å². The second-order valence-electron chi connectivity index (χ2n) is 4.92. The molecule has 12 heteroatoms. The first-order chi connectivity index (χ1) is 9.95. The topological polar surface area (TPSA) is 190 Å². The summed E-state index contributed by atoms with van der Waals surface area (Å²) in [6, 6.07) is 0. The molecule has 132 valence electrons. The third kappa shape index (κ3) is 6.85. The van der Waals surface area contributed by atoms with E-state index in [9.17, 15) is 19.0 Å². The molecular weight excluding hydrogens is 338 g/mol. The minimum atomic E-state index is -5.43. The normalized spacial score (nSPS) is 13.2. The predicted molar refractivity (Wildman–Crippen MR) is 78.8 cm³/mol. The Labute approximate surface area is 128 Å². The fourth-order valence-electron chi connectivity index (χ4n) is 1.71. The highest BCUT2D eigenvalue weighted by Gasteiger charge is 2.58. The maximum atomic E-state index is 11.4. The Morgan fingerprint density at radius 2 is 1.55 bits per heavy atom. The Kier molecular flexibility index (Phi) is 8.97. The van der Waals surface area contributed by atoms with Crippen LogP contribution >= 0.6 is 15.2 Å². The van der Waals surface area contributed by atoms with Crippen LogP contribution in [0.25, 0.3) is 0 Å². The van der Waals surface area contributed by atoms with Gasteiger partial charge in [0, 0.05) is 19.4 Å². The number of carbonyl (C=O) groups excluding carboxylic acids is 1. The maximum Gasteiger partial charge on any atom is 0.369 e.